The summed E-state index contributed by atoms with van der Waals surface area (Å²) in [6.07, 6.45) is 0.198. The molecule has 2 N–H and O–H groups in total. The Morgan fingerprint density at radius 3 is 2.52 bits per heavy atom. The summed E-state index contributed by atoms with van der Waals surface area (Å²) in [5.74, 6) is -0.490. The summed E-state index contributed by atoms with van der Waals surface area (Å²) in [4.78, 5) is 22.5. The highest BCUT2D eigenvalue weighted by Crippen LogP contribution is 2.28. The van der Waals surface area contributed by atoms with Crippen molar-refractivity contribution in [3.05, 3.63) is 28.2 Å². The van der Waals surface area contributed by atoms with Crippen LogP contribution in [0.4, 0.5) is 0 Å². The zero-order valence-corrected chi connectivity index (χ0v) is 13.9. The Morgan fingerprint density at radius 1 is 1.33 bits per heavy atom. The SMILES string of the molecule is COc1ccc(C(C)NC(=O)CC(C)CC(=O)O)cc1Br. The Kier molecular flexibility index (Phi) is 6.68. The van der Waals surface area contributed by atoms with Crippen LogP contribution in [0.5, 0.6) is 5.75 Å². The molecule has 2 unspecified atom stereocenters. The summed E-state index contributed by atoms with van der Waals surface area (Å²) in [5, 5.41) is 11.6. The monoisotopic (exact) mass is 357 g/mol. The highest BCUT2D eigenvalue weighted by molar-refractivity contribution is 9.10. The van der Waals surface area contributed by atoms with Crippen LogP contribution in [0.2, 0.25) is 0 Å². The van der Waals surface area contributed by atoms with Gasteiger partial charge in [-0.05, 0) is 46.5 Å². The van der Waals surface area contributed by atoms with Crippen molar-refractivity contribution in [1.82, 2.24) is 5.32 Å². The highest BCUT2D eigenvalue weighted by atomic mass is 79.9. The van der Waals surface area contributed by atoms with Gasteiger partial charge in [0.1, 0.15) is 5.75 Å². The molecule has 0 bridgehead atoms. The number of rotatable bonds is 7. The predicted octanol–water partition coefficient (Wildman–Crippen LogP) is 3.14. The number of methoxy groups -OCH3 is 1. The molecule has 0 spiro atoms. The fourth-order valence-corrected chi connectivity index (χ4v) is 2.58. The standard InChI is InChI=1S/C15H20BrNO4/c1-9(7-15(19)20)6-14(18)17-10(2)11-4-5-13(21-3)12(16)8-11/h4-5,8-10H,6-7H2,1-3H3,(H,17,18)(H,19,20). The van der Waals surface area contributed by atoms with Gasteiger partial charge in [-0.3, -0.25) is 9.59 Å². The normalized spacial score (nSPS) is 13.3. The largest absolute Gasteiger partial charge is 0.496 e. The number of hydrogen-bond acceptors (Lipinski definition) is 3. The molecule has 0 fully saturated rings. The van der Waals surface area contributed by atoms with Crippen LogP contribution in [0.3, 0.4) is 0 Å². The van der Waals surface area contributed by atoms with E-state index < -0.39 is 5.97 Å². The minimum Gasteiger partial charge on any atom is -0.496 e. The van der Waals surface area contributed by atoms with Crippen molar-refractivity contribution in [2.45, 2.75) is 32.7 Å². The van der Waals surface area contributed by atoms with E-state index in [0.717, 1.165) is 15.8 Å². The minimum absolute atomic E-state index is 0.00408. The van der Waals surface area contributed by atoms with Crippen molar-refractivity contribution in [3.8, 4) is 5.75 Å². The maximum atomic E-state index is 11.9. The Balaban J connectivity index is 2.60. The van der Waals surface area contributed by atoms with E-state index in [1.165, 1.54) is 0 Å². The number of carbonyl (C=O) groups is 2. The van der Waals surface area contributed by atoms with Gasteiger partial charge in [0.2, 0.25) is 5.91 Å². The number of benzene rings is 1. The van der Waals surface area contributed by atoms with Crippen LogP contribution < -0.4 is 10.1 Å². The number of aliphatic carboxylic acids is 1. The third-order valence-corrected chi connectivity index (χ3v) is 3.73. The number of carboxylic acids is 1. The van der Waals surface area contributed by atoms with Gasteiger partial charge >= 0.3 is 5.97 Å². The summed E-state index contributed by atoms with van der Waals surface area (Å²) >= 11 is 3.41. The molecule has 0 saturated carbocycles. The first-order valence-corrected chi connectivity index (χ1v) is 7.47. The molecule has 21 heavy (non-hydrogen) atoms. The van der Waals surface area contributed by atoms with Crippen molar-refractivity contribution in [2.24, 2.45) is 5.92 Å². The second kappa shape index (κ2) is 8.02. The molecule has 6 heteroatoms. The molecule has 1 rings (SSSR count). The number of ether oxygens (including phenoxy) is 1. The van der Waals surface area contributed by atoms with Crippen LogP contribution in [0, 0.1) is 5.92 Å². The molecule has 0 aliphatic heterocycles. The first-order valence-electron chi connectivity index (χ1n) is 6.68. The molecule has 0 radical (unpaired) electrons. The fraction of sp³-hybridized carbons (Fsp3) is 0.467. The number of hydrogen-bond donors (Lipinski definition) is 2. The molecule has 0 aliphatic carbocycles. The molecule has 1 aromatic rings. The van der Waals surface area contributed by atoms with Gasteiger partial charge in [-0.25, -0.2) is 0 Å². The van der Waals surface area contributed by atoms with Gasteiger partial charge in [-0.15, -0.1) is 0 Å². The molecule has 0 saturated heterocycles. The van der Waals surface area contributed by atoms with E-state index in [2.05, 4.69) is 21.2 Å². The van der Waals surface area contributed by atoms with Crippen molar-refractivity contribution < 1.29 is 19.4 Å². The number of carbonyl (C=O) groups excluding carboxylic acids is 1. The lowest BCUT2D eigenvalue weighted by molar-refractivity contribution is -0.138. The first-order chi connectivity index (χ1) is 9.83. The van der Waals surface area contributed by atoms with Crippen LogP contribution in [0.15, 0.2) is 22.7 Å². The van der Waals surface area contributed by atoms with E-state index >= 15 is 0 Å². The molecule has 1 amide bonds. The Morgan fingerprint density at radius 2 is 2.00 bits per heavy atom. The van der Waals surface area contributed by atoms with Gasteiger partial charge in [0.05, 0.1) is 17.6 Å². The van der Waals surface area contributed by atoms with Crippen LogP contribution in [0.1, 0.15) is 38.3 Å². The summed E-state index contributed by atoms with van der Waals surface area (Å²) in [6, 6.07) is 5.45. The lowest BCUT2D eigenvalue weighted by Gasteiger charge is -2.17. The van der Waals surface area contributed by atoms with Gasteiger partial charge in [0, 0.05) is 12.8 Å². The van der Waals surface area contributed by atoms with Gasteiger partial charge in [-0.1, -0.05) is 13.0 Å². The number of halogens is 1. The molecule has 0 aliphatic rings. The van der Waals surface area contributed by atoms with Crippen LogP contribution in [-0.4, -0.2) is 24.1 Å². The zero-order valence-electron chi connectivity index (χ0n) is 12.4. The summed E-state index contributed by atoms with van der Waals surface area (Å²) in [7, 11) is 1.59. The van der Waals surface area contributed by atoms with E-state index in [9.17, 15) is 9.59 Å². The lowest BCUT2D eigenvalue weighted by Crippen LogP contribution is -2.28. The smallest absolute Gasteiger partial charge is 0.303 e. The Bertz CT molecular complexity index is 518. The maximum absolute atomic E-state index is 11.9. The van der Waals surface area contributed by atoms with Gasteiger partial charge in [0.15, 0.2) is 0 Å². The van der Waals surface area contributed by atoms with Crippen molar-refractivity contribution in [2.75, 3.05) is 7.11 Å². The van der Waals surface area contributed by atoms with E-state index in [4.69, 9.17) is 9.84 Å². The van der Waals surface area contributed by atoms with E-state index in [1.54, 1.807) is 14.0 Å². The minimum atomic E-state index is -0.887. The van der Waals surface area contributed by atoms with Crippen molar-refractivity contribution >= 4 is 27.8 Å². The van der Waals surface area contributed by atoms with Gasteiger partial charge in [-0.2, -0.15) is 0 Å². The van der Waals surface area contributed by atoms with Crippen LogP contribution >= 0.6 is 15.9 Å². The quantitative estimate of drug-likeness (QED) is 0.785. The van der Waals surface area contributed by atoms with E-state index in [-0.39, 0.29) is 30.7 Å². The Hall–Kier alpha value is -1.56. The molecule has 0 heterocycles. The summed E-state index contributed by atoms with van der Waals surface area (Å²) in [6.45, 7) is 3.64. The predicted molar refractivity (Wildman–Crippen MR) is 83.3 cm³/mol. The molecule has 5 nitrogen and oxygen atoms in total. The van der Waals surface area contributed by atoms with Crippen molar-refractivity contribution in [1.29, 1.82) is 0 Å². The molecule has 2 atom stereocenters. The molecule has 0 aromatic heterocycles. The first kappa shape index (κ1) is 17.5. The third kappa shape index (κ3) is 5.75. The van der Waals surface area contributed by atoms with Crippen LogP contribution in [0.25, 0.3) is 0 Å². The van der Waals surface area contributed by atoms with Gasteiger partial charge in [0.25, 0.3) is 0 Å². The molecule has 116 valence electrons. The number of nitrogens with one attached hydrogen (secondary N) is 1. The second-order valence-electron chi connectivity index (χ2n) is 5.09. The zero-order chi connectivity index (χ0) is 16.0. The fourth-order valence-electron chi connectivity index (χ4n) is 2.02. The topological polar surface area (TPSA) is 75.6 Å². The molecule has 1 aromatic carbocycles. The highest BCUT2D eigenvalue weighted by Gasteiger charge is 2.15. The Labute approximate surface area is 132 Å². The second-order valence-corrected chi connectivity index (χ2v) is 5.94. The van der Waals surface area contributed by atoms with E-state index in [1.807, 2.05) is 25.1 Å². The third-order valence-electron chi connectivity index (χ3n) is 3.11. The number of carboxylic acid groups (broad SMARTS) is 1. The summed E-state index contributed by atoms with van der Waals surface area (Å²) in [5.41, 5.74) is 0.946. The lowest BCUT2D eigenvalue weighted by atomic mass is 10.0. The van der Waals surface area contributed by atoms with E-state index in [0.29, 0.717) is 0 Å². The van der Waals surface area contributed by atoms with Crippen molar-refractivity contribution in [3.63, 3.8) is 0 Å². The average molecular weight is 358 g/mol. The summed E-state index contributed by atoms with van der Waals surface area (Å²) < 4.78 is 5.98. The average Bonchev–Trinajstić information content (AvgIpc) is 2.36. The maximum Gasteiger partial charge on any atom is 0.303 e. The molecular weight excluding hydrogens is 338 g/mol. The van der Waals surface area contributed by atoms with Crippen LogP contribution in [-0.2, 0) is 9.59 Å². The van der Waals surface area contributed by atoms with Gasteiger partial charge < -0.3 is 15.2 Å². The number of amides is 1. The molecular formula is C15H20BrNO4.